The molecule has 3 aliphatic heterocycles. The van der Waals surface area contributed by atoms with E-state index in [2.05, 4.69) is 17.0 Å². The molecule has 1 N–H and O–H groups in total. The molecule has 3 atom stereocenters. The molecule has 9 heteroatoms. The smallest absolute Gasteiger partial charge is 0.266 e. The SMILES string of the molecule is COc1cc2c(cc1OC)CN(C[C@H]1C[C@@H](c3ccc(CO)cc3)O[C@@H](c3ccc(N4C(=O)c5ccccc5C4=O)cc3)O1)CC2. The van der Waals surface area contributed by atoms with Crippen molar-refractivity contribution in [1.29, 1.82) is 0 Å². The highest BCUT2D eigenvalue weighted by molar-refractivity contribution is 6.34. The van der Waals surface area contributed by atoms with Gasteiger partial charge in [0.05, 0.1) is 49.8 Å². The lowest BCUT2D eigenvalue weighted by atomic mass is 9.97. The van der Waals surface area contributed by atoms with Crippen LogP contribution in [0.1, 0.15) is 67.3 Å². The molecule has 0 radical (unpaired) electrons. The van der Waals surface area contributed by atoms with Crippen molar-refractivity contribution < 1.29 is 33.6 Å². The number of benzene rings is 4. The van der Waals surface area contributed by atoms with Crippen LogP contribution >= 0.6 is 0 Å². The van der Waals surface area contributed by atoms with Gasteiger partial charge in [0.2, 0.25) is 0 Å². The van der Waals surface area contributed by atoms with Crippen molar-refractivity contribution in [3.05, 3.63) is 124 Å². The zero-order valence-corrected chi connectivity index (χ0v) is 25.8. The standard InChI is InChI=1S/C37H36N2O7/c1-43-33-17-26-15-16-38(20-27(26)18-34(33)44-2)21-29-19-32(24-9-7-23(22-40)8-10-24)46-37(45-29)25-11-13-28(14-12-25)39-35(41)30-5-3-4-6-31(30)36(39)42/h3-14,17-18,29,32,37,40H,15-16,19-22H2,1-2H3/t29-,32+,37+/m1/s1. The third kappa shape index (κ3) is 5.67. The first kappa shape index (κ1) is 30.1. The molecule has 46 heavy (non-hydrogen) atoms. The van der Waals surface area contributed by atoms with Gasteiger partial charge in [-0.25, -0.2) is 4.90 Å². The van der Waals surface area contributed by atoms with Crippen LogP contribution in [0.4, 0.5) is 5.69 Å². The molecule has 0 aliphatic carbocycles. The lowest BCUT2D eigenvalue weighted by Gasteiger charge is -2.39. The number of nitrogens with zero attached hydrogens (tertiary/aromatic N) is 2. The van der Waals surface area contributed by atoms with Gasteiger partial charge < -0.3 is 24.1 Å². The molecule has 3 heterocycles. The summed E-state index contributed by atoms with van der Waals surface area (Å²) in [5, 5.41) is 9.55. The summed E-state index contributed by atoms with van der Waals surface area (Å²) in [6.07, 6.45) is 0.553. The van der Waals surface area contributed by atoms with Gasteiger partial charge in [0.1, 0.15) is 0 Å². The summed E-state index contributed by atoms with van der Waals surface area (Å²) in [7, 11) is 3.31. The van der Waals surface area contributed by atoms with Crippen LogP contribution in [0.25, 0.3) is 0 Å². The Balaban J connectivity index is 1.11. The Kier molecular flexibility index (Phi) is 8.31. The molecule has 3 aliphatic rings. The number of ether oxygens (including phenoxy) is 4. The fourth-order valence-corrected chi connectivity index (χ4v) is 6.62. The lowest BCUT2D eigenvalue weighted by molar-refractivity contribution is -0.253. The summed E-state index contributed by atoms with van der Waals surface area (Å²) in [4.78, 5) is 29.7. The third-order valence-electron chi connectivity index (χ3n) is 9.09. The van der Waals surface area contributed by atoms with Crippen LogP contribution in [0.15, 0.2) is 84.9 Å². The first-order valence-corrected chi connectivity index (χ1v) is 15.5. The summed E-state index contributed by atoms with van der Waals surface area (Å²) in [6.45, 7) is 2.35. The molecule has 0 aromatic heterocycles. The van der Waals surface area contributed by atoms with Gasteiger partial charge in [-0.15, -0.1) is 0 Å². The summed E-state index contributed by atoms with van der Waals surface area (Å²) in [6, 6.07) is 26.1. The van der Waals surface area contributed by atoms with Gasteiger partial charge >= 0.3 is 0 Å². The zero-order valence-electron chi connectivity index (χ0n) is 25.8. The van der Waals surface area contributed by atoms with Crippen LogP contribution in [0.5, 0.6) is 11.5 Å². The zero-order chi connectivity index (χ0) is 31.8. The Morgan fingerprint density at radius 3 is 2.07 bits per heavy atom. The number of hydrogen-bond acceptors (Lipinski definition) is 8. The molecule has 2 amide bonds. The van der Waals surface area contributed by atoms with E-state index in [1.54, 1.807) is 50.6 Å². The molecule has 0 saturated carbocycles. The highest BCUT2D eigenvalue weighted by atomic mass is 16.7. The topological polar surface area (TPSA) is 97.8 Å². The fourth-order valence-electron chi connectivity index (χ4n) is 6.62. The maximum atomic E-state index is 13.0. The van der Waals surface area contributed by atoms with Gasteiger partial charge in [-0.05, 0) is 65.1 Å². The van der Waals surface area contributed by atoms with Gasteiger partial charge in [0, 0.05) is 31.6 Å². The number of fused-ring (bicyclic) bond motifs is 2. The van der Waals surface area contributed by atoms with E-state index in [-0.39, 0.29) is 30.6 Å². The number of rotatable bonds is 8. The number of aliphatic hydroxyl groups is 1. The average molecular weight is 621 g/mol. The van der Waals surface area contributed by atoms with Crippen molar-refractivity contribution in [2.75, 3.05) is 32.2 Å². The van der Waals surface area contributed by atoms with E-state index in [0.29, 0.717) is 29.8 Å². The number of methoxy groups -OCH3 is 2. The summed E-state index contributed by atoms with van der Waals surface area (Å²) >= 11 is 0. The van der Waals surface area contributed by atoms with E-state index in [1.165, 1.54) is 16.0 Å². The van der Waals surface area contributed by atoms with E-state index in [4.69, 9.17) is 18.9 Å². The van der Waals surface area contributed by atoms with E-state index in [0.717, 1.165) is 47.7 Å². The number of aliphatic hydroxyl groups excluding tert-OH is 1. The number of carbonyl (C=O) groups excluding carboxylic acids is 2. The molecule has 4 aromatic rings. The second-order valence-electron chi connectivity index (χ2n) is 11.9. The molecule has 236 valence electrons. The monoisotopic (exact) mass is 620 g/mol. The van der Waals surface area contributed by atoms with E-state index in [9.17, 15) is 14.7 Å². The molecular weight excluding hydrogens is 584 g/mol. The summed E-state index contributed by atoms with van der Waals surface area (Å²) < 4.78 is 24.2. The quantitative estimate of drug-likeness (QED) is 0.254. The van der Waals surface area contributed by atoms with E-state index >= 15 is 0 Å². The van der Waals surface area contributed by atoms with E-state index < -0.39 is 6.29 Å². The van der Waals surface area contributed by atoms with Crippen LogP contribution in [-0.4, -0.2) is 55.2 Å². The van der Waals surface area contributed by atoms with Gasteiger partial charge in [-0.1, -0.05) is 48.5 Å². The van der Waals surface area contributed by atoms with Crippen LogP contribution < -0.4 is 14.4 Å². The molecule has 1 saturated heterocycles. The van der Waals surface area contributed by atoms with Gasteiger partial charge in [0.25, 0.3) is 11.8 Å². The van der Waals surface area contributed by atoms with Crippen molar-refractivity contribution >= 4 is 17.5 Å². The Morgan fingerprint density at radius 1 is 0.804 bits per heavy atom. The molecule has 4 aromatic carbocycles. The minimum absolute atomic E-state index is 0.0211. The average Bonchev–Trinajstić information content (AvgIpc) is 3.36. The summed E-state index contributed by atoms with van der Waals surface area (Å²) in [5.41, 5.74) is 6.44. The number of anilines is 1. The van der Waals surface area contributed by atoms with Crippen molar-refractivity contribution in [1.82, 2.24) is 4.90 Å². The molecule has 1 fully saturated rings. The fraction of sp³-hybridized carbons (Fsp3) is 0.297. The summed E-state index contributed by atoms with van der Waals surface area (Å²) in [5.74, 6) is 0.809. The largest absolute Gasteiger partial charge is 0.493 e. The van der Waals surface area contributed by atoms with Crippen molar-refractivity contribution in [2.24, 2.45) is 0 Å². The first-order chi connectivity index (χ1) is 22.4. The van der Waals surface area contributed by atoms with E-state index in [1.807, 2.05) is 36.4 Å². The lowest BCUT2D eigenvalue weighted by Crippen LogP contribution is -2.41. The molecule has 0 unspecified atom stereocenters. The van der Waals surface area contributed by atoms with Crippen LogP contribution in [0.3, 0.4) is 0 Å². The molecule has 0 spiro atoms. The predicted molar refractivity (Wildman–Crippen MR) is 171 cm³/mol. The molecule has 9 nitrogen and oxygen atoms in total. The van der Waals surface area contributed by atoms with Gasteiger partial charge in [-0.3, -0.25) is 14.5 Å². The predicted octanol–water partition coefficient (Wildman–Crippen LogP) is 5.60. The Labute approximate surface area is 267 Å². The van der Waals surface area contributed by atoms with Crippen molar-refractivity contribution in [2.45, 2.75) is 44.5 Å². The highest BCUT2D eigenvalue weighted by Crippen LogP contribution is 2.40. The number of hydrogen-bond donors (Lipinski definition) is 1. The maximum Gasteiger partial charge on any atom is 0.266 e. The number of imide groups is 1. The van der Waals surface area contributed by atoms with Gasteiger partial charge in [-0.2, -0.15) is 0 Å². The first-order valence-electron chi connectivity index (χ1n) is 15.5. The second-order valence-corrected chi connectivity index (χ2v) is 11.9. The minimum Gasteiger partial charge on any atom is -0.493 e. The van der Waals surface area contributed by atoms with Crippen LogP contribution in [0.2, 0.25) is 0 Å². The van der Waals surface area contributed by atoms with Gasteiger partial charge in [0.15, 0.2) is 17.8 Å². The Morgan fingerprint density at radius 2 is 1.43 bits per heavy atom. The van der Waals surface area contributed by atoms with Crippen molar-refractivity contribution in [3.8, 4) is 11.5 Å². The Hall–Kier alpha value is -4.54. The normalized spacial score (nSPS) is 21.2. The third-order valence-corrected chi connectivity index (χ3v) is 9.09. The van der Waals surface area contributed by atoms with Crippen molar-refractivity contribution in [3.63, 3.8) is 0 Å². The Bertz CT molecular complexity index is 1720. The highest BCUT2D eigenvalue weighted by Gasteiger charge is 2.37. The minimum atomic E-state index is -0.654. The van der Waals surface area contributed by atoms with Crippen LogP contribution in [0, 0.1) is 0 Å². The second kappa shape index (κ2) is 12.7. The molecule has 0 bridgehead atoms. The number of carbonyl (C=O) groups is 2. The molecular formula is C37H36N2O7. The number of amides is 2. The van der Waals surface area contributed by atoms with Crippen LogP contribution in [-0.2, 0) is 29.0 Å². The maximum absolute atomic E-state index is 13.0. The molecule has 7 rings (SSSR count).